The van der Waals surface area contributed by atoms with Gasteiger partial charge in [0, 0.05) is 0 Å². The maximum atomic E-state index is 12.1. The lowest BCUT2D eigenvalue weighted by Crippen LogP contribution is -2.37. The van der Waals surface area contributed by atoms with Crippen LogP contribution in [0.4, 0.5) is 0 Å². The van der Waals surface area contributed by atoms with Crippen LogP contribution in [0.25, 0.3) is 0 Å². The second kappa shape index (κ2) is 13.3. The molecular weight excluding hydrogens is 304 g/mol. The fourth-order valence-corrected chi connectivity index (χ4v) is 2.32. The smallest absolute Gasteiger partial charge is 0.322 e. The van der Waals surface area contributed by atoms with E-state index in [2.05, 4.69) is 20.8 Å². The van der Waals surface area contributed by atoms with Gasteiger partial charge in [0.25, 0.3) is 0 Å². The summed E-state index contributed by atoms with van der Waals surface area (Å²) in [6.45, 7) is 10.4. The first kappa shape index (κ1) is 22.9. The standard InChI is InChI=1S/C20H38O4/c1-6-7-8-9-10-11-12-15-23-18(21)20(4,5)19(22)24-16-13-14-17(2)3/h17H,6-16H2,1-5H3. The van der Waals surface area contributed by atoms with Crippen LogP contribution in [-0.4, -0.2) is 25.2 Å². The van der Waals surface area contributed by atoms with E-state index in [9.17, 15) is 9.59 Å². The molecule has 0 N–H and O–H groups in total. The van der Waals surface area contributed by atoms with Gasteiger partial charge in [-0.2, -0.15) is 0 Å². The third-order valence-electron chi connectivity index (χ3n) is 4.16. The molecule has 0 unspecified atom stereocenters. The monoisotopic (exact) mass is 342 g/mol. The van der Waals surface area contributed by atoms with Crippen LogP contribution in [0.1, 0.15) is 92.4 Å². The second-order valence-electron chi connectivity index (χ2n) is 7.55. The molecule has 0 bridgehead atoms. The van der Waals surface area contributed by atoms with E-state index < -0.39 is 17.4 Å². The molecule has 142 valence electrons. The van der Waals surface area contributed by atoms with E-state index in [1.807, 2.05) is 0 Å². The van der Waals surface area contributed by atoms with E-state index in [1.165, 1.54) is 32.1 Å². The summed E-state index contributed by atoms with van der Waals surface area (Å²) >= 11 is 0. The molecule has 0 aliphatic rings. The van der Waals surface area contributed by atoms with Crippen molar-refractivity contribution in [2.75, 3.05) is 13.2 Å². The predicted octanol–water partition coefficient (Wildman–Crippen LogP) is 5.29. The van der Waals surface area contributed by atoms with E-state index in [0.717, 1.165) is 25.7 Å². The van der Waals surface area contributed by atoms with E-state index in [1.54, 1.807) is 13.8 Å². The minimum absolute atomic E-state index is 0.367. The Hall–Kier alpha value is -1.06. The van der Waals surface area contributed by atoms with Crippen molar-refractivity contribution in [3.05, 3.63) is 0 Å². The Morgan fingerprint density at radius 1 is 0.792 bits per heavy atom. The van der Waals surface area contributed by atoms with Crippen molar-refractivity contribution in [3.63, 3.8) is 0 Å². The quantitative estimate of drug-likeness (QED) is 0.245. The molecule has 0 heterocycles. The highest BCUT2D eigenvalue weighted by atomic mass is 16.6. The molecule has 0 aliphatic heterocycles. The SMILES string of the molecule is CCCCCCCCCOC(=O)C(C)(C)C(=O)OCCCC(C)C. The first-order chi connectivity index (χ1) is 11.3. The van der Waals surface area contributed by atoms with Gasteiger partial charge in [0.2, 0.25) is 0 Å². The van der Waals surface area contributed by atoms with Crippen LogP contribution in [0, 0.1) is 11.3 Å². The maximum Gasteiger partial charge on any atom is 0.322 e. The number of esters is 2. The van der Waals surface area contributed by atoms with Crippen molar-refractivity contribution < 1.29 is 19.1 Å². The molecule has 0 aromatic carbocycles. The lowest BCUT2D eigenvalue weighted by molar-refractivity contribution is -0.170. The summed E-state index contributed by atoms with van der Waals surface area (Å²) in [5.41, 5.74) is -1.22. The number of ether oxygens (including phenoxy) is 2. The normalized spacial score (nSPS) is 11.6. The number of hydrogen-bond acceptors (Lipinski definition) is 4. The van der Waals surface area contributed by atoms with E-state index >= 15 is 0 Å². The first-order valence-corrected chi connectivity index (χ1v) is 9.66. The molecular formula is C20H38O4. The molecule has 0 aromatic heterocycles. The van der Waals surface area contributed by atoms with Gasteiger partial charge in [-0.3, -0.25) is 9.59 Å². The Balaban J connectivity index is 3.86. The van der Waals surface area contributed by atoms with Gasteiger partial charge < -0.3 is 9.47 Å². The number of rotatable bonds is 14. The molecule has 0 amide bonds. The molecule has 4 heteroatoms. The molecule has 0 rings (SSSR count). The number of carbonyl (C=O) groups is 2. The van der Waals surface area contributed by atoms with E-state index in [4.69, 9.17) is 9.47 Å². The second-order valence-corrected chi connectivity index (χ2v) is 7.55. The molecule has 0 fully saturated rings. The first-order valence-electron chi connectivity index (χ1n) is 9.66. The summed E-state index contributed by atoms with van der Waals surface area (Å²) in [4.78, 5) is 24.2. The number of carbonyl (C=O) groups excluding carboxylic acids is 2. The minimum Gasteiger partial charge on any atom is -0.465 e. The van der Waals surface area contributed by atoms with E-state index in [-0.39, 0.29) is 0 Å². The summed E-state index contributed by atoms with van der Waals surface area (Å²) in [6.07, 6.45) is 10.0. The zero-order chi connectivity index (χ0) is 18.4. The predicted molar refractivity (Wildman–Crippen MR) is 97.8 cm³/mol. The van der Waals surface area contributed by atoms with Crippen LogP contribution in [0.2, 0.25) is 0 Å². The van der Waals surface area contributed by atoms with Crippen LogP contribution in [-0.2, 0) is 19.1 Å². The van der Waals surface area contributed by atoms with Gasteiger partial charge in [-0.15, -0.1) is 0 Å². The van der Waals surface area contributed by atoms with Gasteiger partial charge in [0.15, 0.2) is 5.41 Å². The molecule has 0 aliphatic carbocycles. The lowest BCUT2D eigenvalue weighted by atomic mass is 9.94. The minimum atomic E-state index is -1.22. The summed E-state index contributed by atoms with van der Waals surface area (Å²) in [5.74, 6) is -0.387. The van der Waals surface area contributed by atoms with Gasteiger partial charge in [-0.1, -0.05) is 59.3 Å². The third kappa shape index (κ3) is 10.7. The van der Waals surface area contributed by atoms with Crippen molar-refractivity contribution in [1.29, 1.82) is 0 Å². The molecule has 0 radical (unpaired) electrons. The average molecular weight is 343 g/mol. The van der Waals surface area contributed by atoms with Gasteiger partial charge in [-0.05, 0) is 39.0 Å². The van der Waals surface area contributed by atoms with E-state index in [0.29, 0.717) is 19.1 Å². The highest BCUT2D eigenvalue weighted by Gasteiger charge is 2.39. The molecule has 0 spiro atoms. The zero-order valence-corrected chi connectivity index (χ0v) is 16.5. The summed E-state index contributed by atoms with van der Waals surface area (Å²) in [5, 5.41) is 0. The maximum absolute atomic E-state index is 12.1. The fourth-order valence-electron chi connectivity index (χ4n) is 2.32. The number of hydrogen-bond donors (Lipinski definition) is 0. The Bertz CT molecular complexity index is 348. The Morgan fingerprint density at radius 3 is 1.75 bits per heavy atom. The molecule has 24 heavy (non-hydrogen) atoms. The molecule has 0 atom stereocenters. The largest absolute Gasteiger partial charge is 0.465 e. The van der Waals surface area contributed by atoms with Crippen molar-refractivity contribution >= 4 is 11.9 Å². The highest BCUT2D eigenvalue weighted by molar-refractivity contribution is 5.99. The van der Waals surface area contributed by atoms with Crippen LogP contribution in [0.3, 0.4) is 0 Å². The summed E-state index contributed by atoms with van der Waals surface area (Å²) in [6, 6.07) is 0. The number of unbranched alkanes of at least 4 members (excludes halogenated alkanes) is 6. The Kier molecular flexibility index (Phi) is 12.7. The van der Waals surface area contributed by atoms with Gasteiger partial charge in [0.05, 0.1) is 13.2 Å². The van der Waals surface area contributed by atoms with Gasteiger partial charge >= 0.3 is 11.9 Å². The topological polar surface area (TPSA) is 52.6 Å². The van der Waals surface area contributed by atoms with Crippen LogP contribution in [0.5, 0.6) is 0 Å². The van der Waals surface area contributed by atoms with Crippen LogP contribution >= 0.6 is 0 Å². The van der Waals surface area contributed by atoms with Crippen molar-refractivity contribution in [2.45, 2.75) is 92.4 Å². The third-order valence-corrected chi connectivity index (χ3v) is 4.16. The molecule has 0 saturated carbocycles. The fraction of sp³-hybridized carbons (Fsp3) is 0.900. The Morgan fingerprint density at radius 2 is 1.25 bits per heavy atom. The van der Waals surface area contributed by atoms with Crippen molar-refractivity contribution in [2.24, 2.45) is 11.3 Å². The molecule has 0 saturated heterocycles. The molecule has 0 aromatic rings. The molecule has 4 nitrogen and oxygen atoms in total. The van der Waals surface area contributed by atoms with Crippen LogP contribution in [0.15, 0.2) is 0 Å². The van der Waals surface area contributed by atoms with Crippen molar-refractivity contribution in [3.8, 4) is 0 Å². The van der Waals surface area contributed by atoms with Crippen LogP contribution < -0.4 is 0 Å². The summed E-state index contributed by atoms with van der Waals surface area (Å²) < 4.78 is 10.5. The highest BCUT2D eigenvalue weighted by Crippen LogP contribution is 2.20. The lowest BCUT2D eigenvalue weighted by Gasteiger charge is -2.21. The van der Waals surface area contributed by atoms with Gasteiger partial charge in [-0.25, -0.2) is 0 Å². The summed E-state index contributed by atoms with van der Waals surface area (Å²) in [7, 11) is 0. The Labute approximate surface area is 148 Å². The average Bonchev–Trinajstić information content (AvgIpc) is 2.53. The van der Waals surface area contributed by atoms with Crippen molar-refractivity contribution in [1.82, 2.24) is 0 Å². The van der Waals surface area contributed by atoms with Gasteiger partial charge in [0.1, 0.15) is 0 Å². The zero-order valence-electron chi connectivity index (χ0n) is 16.5.